The van der Waals surface area contributed by atoms with E-state index in [1.807, 2.05) is 36.4 Å². The Balaban J connectivity index is 1.96. The Labute approximate surface area is 126 Å². The zero-order valence-corrected chi connectivity index (χ0v) is 11.8. The molecular formula is C17H15F2N3. The van der Waals surface area contributed by atoms with Crippen molar-refractivity contribution in [2.24, 2.45) is 5.73 Å². The molecule has 0 aliphatic rings. The maximum atomic E-state index is 14.0. The summed E-state index contributed by atoms with van der Waals surface area (Å²) in [7, 11) is 0. The number of benzene rings is 2. The lowest BCUT2D eigenvalue weighted by Crippen LogP contribution is -2.15. The number of H-pyrrole nitrogens is 1. The van der Waals surface area contributed by atoms with Gasteiger partial charge < -0.3 is 5.73 Å². The maximum Gasteiger partial charge on any atom is 0.130 e. The number of halogens is 2. The van der Waals surface area contributed by atoms with Crippen LogP contribution in [0.15, 0.2) is 54.6 Å². The summed E-state index contributed by atoms with van der Waals surface area (Å²) >= 11 is 0. The molecule has 0 saturated carbocycles. The molecule has 0 bridgehead atoms. The van der Waals surface area contributed by atoms with E-state index in [2.05, 4.69) is 10.2 Å². The van der Waals surface area contributed by atoms with Crippen molar-refractivity contribution in [3.8, 4) is 11.3 Å². The molecule has 0 radical (unpaired) electrons. The van der Waals surface area contributed by atoms with E-state index in [-0.39, 0.29) is 6.54 Å². The number of hydrogen-bond acceptors (Lipinski definition) is 2. The monoisotopic (exact) mass is 299 g/mol. The highest BCUT2D eigenvalue weighted by molar-refractivity contribution is 5.59. The van der Waals surface area contributed by atoms with Crippen LogP contribution in [0, 0.1) is 11.6 Å². The van der Waals surface area contributed by atoms with Crippen molar-refractivity contribution in [3.05, 3.63) is 77.5 Å². The number of nitrogens with zero attached hydrogens (tertiary/aromatic N) is 1. The van der Waals surface area contributed by atoms with Crippen molar-refractivity contribution in [2.45, 2.75) is 5.92 Å². The molecule has 3 rings (SSSR count). The first-order chi connectivity index (χ1) is 10.7. The Bertz CT molecular complexity index is 769. The minimum Gasteiger partial charge on any atom is -0.329 e. The van der Waals surface area contributed by atoms with Gasteiger partial charge in [-0.15, -0.1) is 0 Å². The molecule has 0 aliphatic carbocycles. The molecule has 1 unspecified atom stereocenters. The quantitative estimate of drug-likeness (QED) is 0.775. The molecule has 3 aromatic rings. The van der Waals surface area contributed by atoms with Gasteiger partial charge in [-0.1, -0.05) is 36.4 Å². The van der Waals surface area contributed by atoms with Crippen LogP contribution in [0.25, 0.3) is 11.3 Å². The third kappa shape index (κ3) is 2.76. The minimum absolute atomic E-state index is 0.193. The number of aromatic amines is 1. The number of aromatic nitrogens is 2. The van der Waals surface area contributed by atoms with Crippen LogP contribution >= 0.6 is 0 Å². The van der Waals surface area contributed by atoms with Gasteiger partial charge in [-0.05, 0) is 17.7 Å². The van der Waals surface area contributed by atoms with Gasteiger partial charge in [0.05, 0.1) is 5.69 Å². The molecule has 1 aromatic heterocycles. The largest absolute Gasteiger partial charge is 0.329 e. The van der Waals surface area contributed by atoms with Crippen LogP contribution in [0.5, 0.6) is 0 Å². The fourth-order valence-corrected chi connectivity index (χ4v) is 2.48. The average Bonchev–Trinajstić information content (AvgIpc) is 3.01. The van der Waals surface area contributed by atoms with E-state index in [0.717, 1.165) is 17.3 Å². The molecule has 112 valence electrons. The third-order valence-electron chi connectivity index (χ3n) is 3.62. The molecular weight excluding hydrogens is 284 g/mol. The summed E-state index contributed by atoms with van der Waals surface area (Å²) in [5.41, 5.74) is 8.56. The van der Waals surface area contributed by atoms with Gasteiger partial charge >= 0.3 is 0 Å². The molecule has 0 fully saturated rings. The molecule has 2 aromatic carbocycles. The normalized spacial score (nSPS) is 12.3. The number of nitrogens with one attached hydrogen (secondary N) is 1. The van der Waals surface area contributed by atoms with Crippen molar-refractivity contribution in [1.82, 2.24) is 10.2 Å². The smallest absolute Gasteiger partial charge is 0.130 e. The lowest BCUT2D eigenvalue weighted by atomic mass is 9.94. The molecule has 0 amide bonds. The Kier molecular flexibility index (Phi) is 3.98. The van der Waals surface area contributed by atoms with Gasteiger partial charge in [-0.2, -0.15) is 5.10 Å². The van der Waals surface area contributed by atoms with Gasteiger partial charge in [-0.25, -0.2) is 8.78 Å². The maximum absolute atomic E-state index is 14.0. The number of nitrogens with two attached hydrogens (primary N) is 1. The summed E-state index contributed by atoms with van der Waals surface area (Å²) in [6.45, 7) is 0.193. The molecule has 0 spiro atoms. The van der Waals surface area contributed by atoms with Crippen LogP contribution < -0.4 is 5.73 Å². The molecule has 22 heavy (non-hydrogen) atoms. The first kappa shape index (κ1) is 14.4. The van der Waals surface area contributed by atoms with Gasteiger partial charge in [-0.3, -0.25) is 5.10 Å². The lowest BCUT2D eigenvalue weighted by molar-refractivity contribution is 0.563. The average molecular weight is 299 g/mol. The van der Waals surface area contributed by atoms with Crippen LogP contribution in [-0.2, 0) is 0 Å². The predicted octanol–water partition coefficient (Wildman–Crippen LogP) is 3.45. The van der Waals surface area contributed by atoms with Crippen molar-refractivity contribution in [1.29, 1.82) is 0 Å². The van der Waals surface area contributed by atoms with Crippen LogP contribution in [0.2, 0.25) is 0 Å². The SMILES string of the molecule is NCC(c1cc(-c2ccccc2)n[nH]1)c1ccc(F)cc1F. The second-order valence-electron chi connectivity index (χ2n) is 5.03. The van der Waals surface area contributed by atoms with Crippen LogP contribution in [0.3, 0.4) is 0 Å². The first-order valence-corrected chi connectivity index (χ1v) is 6.95. The molecule has 1 atom stereocenters. The second kappa shape index (κ2) is 6.07. The fraction of sp³-hybridized carbons (Fsp3) is 0.118. The van der Waals surface area contributed by atoms with E-state index >= 15 is 0 Å². The molecule has 0 saturated heterocycles. The van der Waals surface area contributed by atoms with Crippen molar-refractivity contribution < 1.29 is 8.78 Å². The predicted molar refractivity (Wildman–Crippen MR) is 81.3 cm³/mol. The molecule has 0 aliphatic heterocycles. The van der Waals surface area contributed by atoms with Crippen LogP contribution in [-0.4, -0.2) is 16.7 Å². The molecule has 3 nitrogen and oxygen atoms in total. The first-order valence-electron chi connectivity index (χ1n) is 6.95. The highest BCUT2D eigenvalue weighted by atomic mass is 19.1. The van der Waals surface area contributed by atoms with E-state index in [1.54, 1.807) is 0 Å². The van der Waals surface area contributed by atoms with E-state index in [1.165, 1.54) is 12.1 Å². The number of rotatable bonds is 4. The summed E-state index contributed by atoms with van der Waals surface area (Å²) < 4.78 is 27.0. The summed E-state index contributed by atoms with van der Waals surface area (Å²) in [6.07, 6.45) is 0. The van der Waals surface area contributed by atoms with Gasteiger partial charge in [0.25, 0.3) is 0 Å². The molecule has 1 heterocycles. The summed E-state index contributed by atoms with van der Waals surface area (Å²) in [4.78, 5) is 0. The highest BCUT2D eigenvalue weighted by Gasteiger charge is 2.19. The van der Waals surface area contributed by atoms with Gasteiger partial charge in [0.2, 0.25) is 0 Å². The summed E-state index contributed by atoms with van der Waals surface area (Å²) in [6, 6.07) is 15.0. The number of hydrogen-bond donors (Lipinski definition) is 2. The molecule has 5 heteroatoms. The van der Waals surface area contributed by atoms with E-state index in [4.69, 9.17) is 5.73 Å². The standard InChI is InChI=1S/C17H15F2N3/c18-12-6-7-13(15(19)8-12)14(10-20)17-9-16(21-22-17)11-4-2-1-3-5-11/h1-9,14H,10,20H2,(H,21,22). The topological polar surface area (TPSA) is 54.7 Å². The van der Waals surface area contributed by atoms with Crippen LogP contribution in [0.1, 0.15) is 17.2 Å². The van der Waals surface area contributed by atoms with Gasteiger partial charge in [0, 0.05) is 29.8 Å². The Hall–Kier alpha value is -2.53. The van der Waals surface area contributed by atoms with E-state index < -0.39 is 17.6 Å². The zero-order valence-electron chi connectivity index (χ0n) is 11.8. The van der Waals surface area contributed by atoms with Gasteiger partial charge in [0.15, 0.2) is 0 Å². The Morgan fingerprint density at radius 3 is 2.50 bits per heavy atom. The minimum atomic E-state index is -0.605. The lowest BCUT2D eigenvalue weighted by Gasteiger charge is -2.14. The van der Waals surface area contributed by atoms with Crippen molar-refractivity contribution in [3.63, 3.8) is 0 Å². The summed E-state index contributed by atoms with van der Waals surface area (Å²) in [5.74, 6) is -1.61. The van der Waals surface area contributed by atoms with E-state index in [0.29, 0.717) is 11.3 Å². The Morgan fingerprint density at radius 2 is 1.82 bits per heavy atom. The van der Waals surface area contributed by atoms with Crippen LogP contribution in [0.4, 0.5) is 8.78 Å². The highest BCUT2D eigenvalue weighted by Crippen LogP contribution is 2.28. The van der Waals surface area contributed by atoms with E-state index in [9.17, 15) is 8.78 Å². The zero-order chi connectivity index (χ0) is 15.5. The fourth-order valence-electron chi connectivity index (χ4n) is 2.48. The molecule has 3 N–H and O–H groups in total. The summed E-state index contributed by atoms with van der Waals surface area (Å²) in [5, 5.41) is 7.16. The second-order valence-corrected chi connectivity index (χ2v) is 5.03. The van der Waals surface area contributed by atoms with Gasteiger partial charge in [0.1, 0.15) is 11.6 Å². The van der Waals surface area contributed by atoms with Crippen molar-refractivity contribution >= 4 is 0 Å². The van der Waals surface area contributed by atoms with Crippen molar-refractivity contribution in [2.75, 3.05) is 6.54 Å². The Morgan fingerprint density at radius 1 is 1.05 bits per heavy atom. The third-order valence-corrected chi connectivity index (χ3v) is 3.62.